The van der Waals surface area contributed by atoms with Crippen molar-refractivity contribution in [1.29, 1.82) is 0 Å². The highest BCUT2D eigenvalue weighted by molar-refractivity contribution is 6.62. The van der Waals surface area contributed by atoms with Gasteiger partial charge < -0.3 is 22.8 Å². The molecule has 0 aromatic heterocycles. The van der Waals surface area contributed by atoms with E-state index >= 15 is 0 Å². The monoisotopic (exact) mass is 264 g/mol. The second-order valence-corrected chi connectivity index (χ2v) is 6.72. The van der Waals surface area contributed by atoms with Gasteiger partial charge in [-0.15, -0.1) is 0 Å². The first kappa shape index (κ1) is 15.1. The van der Waals surface area contributed by atoms with Crippen LogP contribution in [0.25, 0.3) is 0 Å². The SMILES string of the molecule is CCO[Si](OCC)(OCC)C(C)OCC1CO1. The quantitative estimate of drug-likeness (QED) is 0.441. The fourth-order valence-electron chi connectivity index (χ4n) is 1.60. The molecule has 1 saturated heterocycles. The molecule has 102 valence electrons. The summed E-state index contributed by atoms with van der Waals surface area (Å²) in [6.45, 7) is 10.9. The maximum atomic E-state index is 5.75. The third-order valence-electron chi connectivity index (χ3n) is 2.47. The van der Waals surface area contributed by atoms with Crippen LogP contribution in [-0.2, 0) is 22.8 Å². The normalized spacial score (nSPS) is 21.5. The van der Waals surface area contributed by atoms with E-state index in [1.807, 2.05) is 27.7 Å². The zero-order chi connectivity index (χ0) is 12.7. The Kier molecular flexibility index (Phi) is 6.61. The Morgan fingerprint density at radius 3 is 1.94 bits per heavy atom. The van der Waals surface area contributed by atoms with Gasteiger partial charge in [-0.1, -0.05) is 0 Å². The molecule has 6 heteroatoms. The summed E-state index contributed by atoms with van der Waals surface area (Å²) in [5.41, 5.74) is -0.161. The molecule has 0 aliphatic carbocycles. The van der Waals surface area contributed by atoms with Crippen molar-refractivity contribution < 1.29 is 22.8 Å². The minimum absolute atomic E-state index is 0.161. The molecule has 0 aromatic carbocycles. The molecular formula is C11H24O5Si. The lowest BCUT2D eigenvalue weighted by molar-refractivity contribution is -0.00687. The Bertz CT molecular complexity index is 193. The van der Waals surface area contributed by atoms with Crippen molar-refractivity contribution in [3.05, 3.63) is 0 Å². The largest absolute Gasteiger partial charge is 0.531 e. The van der Waals surface area contributed by atoms with Crippen LogP contribution in [0.3, 0.4) is 0 Å². The summed E-state index contributed by atoms with van der Waals surface area (Å²) in [6.07, 6.45) is 0.244. The first-order valence-corrected chi connectivity index (χ1v) is 8.13. The third kappa shape index (κ3) is 4.65. The average molecular weight is 264 g/mol. The van der Waals surface area contributed by atoms with Crippen LogP contribution < -0.4 is 0 Å². The van der Waals surface area contributed by atoms with Gasteiger partial charge in [0.2, 0.25) is 0 Å². The predicted octanol–water partition coefficient (Wildman–Crippen LogP) is 1.38. The maximum Gasteiger partial charge on any atom is 0.531 e. The summed E-state index contributed by atoms with van der Waals surface area (Å²) in [5, 5.41) is 0. The van der Waals surface area contributed by atoms with E-state index in [1.165, 1.54) is 0 Å². The number of hydrogen-bond donors (Lipinski definition) is 0. The highest BCUT2D eigenvalue weighted by Gasteiger charge is 2.48. The highest BCUT2D eigenvalue weighted by atomic mass is 28.4. The lowest BCUT2D eigenvalue weighted by Gasteiger charge is -2.32. The van der Waals surface area contributed by atoms with Crippen molar-refractivity contribution in [2.45, 2.75) is 39.5 Å². The van der Waals surface area contributed by atoms with Gasteiger partial charge in [0.15, 0.2) is 0 Å². The minimum Gasteiger partial charge on any atom is -0.372 e. The first-order valence-electron chi connectivity index (χ1n) is 6.33. The zero-order valence-corrected chi connectivity index (χ0v) is 12.2. The average Bonchev–Trinajstić information content (AvgIpc) is 3.10. The summed E-state index contributed by atoms with van der Waals surface area (Å²) < 4.78 is 28.1. The van der Waals surface area contributed by atoms with E-state index in [9.17, 15) is 0 Å². The van der Waals surface area contributed by atoms with Crippen molar-refractivity contribution in [3.8, 4) is 0 Å². The predicted molar refractivity (Wildman–Crippen MR) is 65.8 cm³/mol. The second-order valence-electron chi connectivity index (χ2n) is 3.83. The van der Waals surface area contributed by atoms with E-state index in [0.29, 0.717) is 26.4 Å². The van der Waals surface area contributed by atoms with E-state index in [0.717, 1.165) is 6.61 Å². The van der Waals surface area contributed by atoms with Crippen LogP contribution in [0.5, 0.6) is 0 Å². The van der Waals surface area contributed by atoms with Crippen molar-refractivity contribution in [2.24, 2.45) is 0 Å². The fraction of sp³-hybridized carbons (Fsp3) is 1.00. The van der Waals surface area contributed by atoms with Gasteiger partial charge in [0.25, 0.3) is 0 Å². The van der Waals surface area contributed by atoms with Crippen molar-refractivity contribution in [2.75, 3.05) is 33.0 Å². The summed E-state index contributed by atoms with van der Waals surface area (Å²) in [4.78, 5) is 0. The molecule has 0 saturated carbocycles. The van der Waals surface area contributed by atoms with Crippen LogP contribution in [0.1, 0.15) is 27.7 Å². The van der Waals surface area contributed by atoms with Crippen LogP contribution in [0.2, 0.25) is 0 Å². The standard InChI is InChI=1S/C11H24O5Si/c1-5-14-17(15-6-2,16-7-3)10(4)12-8-11-9-13-11/h10-11H,5-9H2,1-4H3. The molecule has 5 nitrogen and oxygen atoms in total. The molecule has 0 radical (unpaired) electrons. The zero-order valence-electron chi connectivity index (χ0n) is 11.2. The third-order valence-corrected chi connectivity index (χ3v) is 5.70. The van der Waals surface area contributed by atoms with Crippen molar-refractivity contribution in [1.82, 2.24) is 0 Å². The summed E-state index contributed by atoms with van der Waals surface area (Å²) in [7, 11) is -2.72. The summed E-state index contributed by atoms with van der Waals surface area (Å²) in [6, 6.07) is 0. The Morgan fingerprint density at radius 1 is 1.12 bits per heavy atom. The Labute approximate surface area is 105 Å². The fourth-order valence-corrected chi connectivity index (χ4v) is 4.06. The van der Waals surface area contributed by atoms with Gasteiger partial charge in [-0.3, -0.25) is 0 Å². The summed E-state index contributed by atoms with van der Waals surface area (Å²) in [5.74, 6) is 0. The molecular weight excluding hydrogens is 240 g/mol. The molecule has 17 heavy (non-hydrogen) atoms. The molecule has 1 rings (SSSR count). The van der Waals surface area contributed by atoms with Gasteiger partial charge in [0.1, 0.15) is 11.8 Å². The molecule has 2 atom stereocenters. The molecule has 2 unspecified atom stereocenters. The lowest BCUT2D eigenvalue weighted by Crippen LogP contribution is -2.56. The minimum atomic E-state index is -2.72. The van der Waals surface area contributed by atoms with Crippen LogP contribution in [-0.4, -0.2) is 53.7 Å². The Balaban J connectivity index is 2.54. The molecule has 0 aromatic rings. The molecule has 0 bridgehead atoms. The van der Waals surface area contributed by atoms with Gasteiger partial charge in [0.05, 0.1) is 13.2 Å². The highest BCUT2D eigenvalue weighted by Crippen LogP contribution is 2.19. The topological polar surface area (TPSA) is 49.5 Å². The number of rotatable bonds is 10. The first-order chi connectivity index (χ1) is 8.18. The van der Waals surface area contributed by atoms with E-state index in [1.54, 1.807) is 0 Å². The van der Waals surface area contributed by atoms with Crippen molar-refractivity contribution in [3.63, 3.8) is 0 Å². The number of ether oxygens (including phenoxy) is 2. The van der Waals surface area contributed by atoms with Gasteiger partial charge >= 0.3 is 8.80 Å². The molecule has 1 heterocycles. The molecule has 1 aliphatic rings. The number of epoxide rings is 1. The molecule has 1 aliphatic heterocycles. The van der Waals surface area contributed by atoms with E-state index in [2.05, 4.69) is 0 Å². The second kappa shape index (κ2) is 7.45. The molecule has 0 spiro atoms. The molecule has 1 fully saturated rings. The van der Waals surface area contributed by atoms with E-state index < -0.39 is 8.80 Å². The molecule has 0 amide bonds. The van der Waals surface area contributed by atoms with E-state index in [4.69, 9.17) is 22.8 Å². The van der Waals surface area contributed by atoms with Crippen LogP contribution in [0, 0.1) is 0 Å². The van der Waals surface area contributed by atoms with Gasteiger partial charge in [-0.05, 0) is 27.7 Å². The van der Waals surface area contributed by atoms with Crippen LogP contribution in [0.4, 0.5) is 0 Å². The number of hydrogen-bond acceptors (Lipinski definition) is 5. The Hall–Kier alpha value is 0.0169. The van der Waals surface area contributed by atoms with Gasteiger partial charge in [0, 0.05) is 19.8 Å². The van der Waals surface area contributed by atoms with Crippen molar-refractivity contribution >= 4 is 8.80 Å². The van der Waals surface area contributed by atoms with Crippen LogP contribution >= 0.6 is 0 Å². The van der Waals surface area contributed by atoms with Gasteiger partial charge in [-0.25, -0.2) is 0 Å². The smallest absolute Gasteiger partial charge is 0.372 e. The van der Waals surface area contributed by atoms with Gasteiger partial charge in [-0.2, -0.15) is 0 Å². The molecule has 0 N–H and O–H groups in total. The summed E-state index contributed by atoms with van der Waals surface area (Å²) >= 11 is 0. The van der Waals surface area contributed by atoms with E-state index in [-0.39, 0.29) is 11.8 Å². The lowest BCUT2D eigenvalue weighted by atomic mass is 10.5. The van der Waals surface area contributed by atoms with Crippen LogP contribution in [0.15, 0.2) is 0 Å². The Morgan fingerprint density at radius 2 is 1.59 bits per heavy atom. The maximum absolute atomic E-state index is 5.75.